The Labute approximate surface area is 160 Å². The second kappa shape index (κ2) is 8.74. The predicted octanol–water partition coefficient (Wildman–Crippen LogP) is 3.91. The molecular formula is C19H38N2O4Si. The molecule has 1 aliphatic rings. The summed E-state index contributed by atoms with van der Waals surface area (Å²) in [6.07, 6.45) is 2.07. The minimum Gasteiger partial charge on any atom is -0.444 e. The molecule has 26 heavy (non-hydrogen) atoms. The van der Waals surface area contributed by atoms with Gasteiger partial charge in [0.15, 0.2) is 8.32 Å². The molecule has 1 fully saturated rings. The molecule has 1 heterocycles. The van der Waals surface area contributed by atoms with Crippen LogP contribution in [0.4, 0.5) is 4.79 Å². The fourth-order valence-corrected chi connectivity index (χ4v) is 3.51. The van der Waals surface area contributed by atoms with Gasteiger partial charge >= 0.3 is 6.09 Å². The summed E-state index contributed by atoms with van der Waals surface area (Å²) in [5.74, 6) is 0.152. The Kier molecular flexibility index (Phi) is 7.71. The number of alkyl carbamates (subject to hydrolysis) is 1. The third kappa shape index (κ3) is 7.66. The van der Waals surface area contributed by atoms with E-state index in [0.29, 0.717) is 19.6 Å². The smallest absolute Gasteiger partial charge is 0.408 e. The molecule has 1 N–H and O–H groups in total. The summed E-state index contributed by atoms with van der Waals surface area (Å²) in [5, 5.41) is 3.00. The molecule has 0 unspecified atom stereocenters. The number of piperidine rings is 1. The fraction of sp³-hybridized carbons (Fsp3) is 0.895. The van der Waals surface area contributed by atoms with Crippen molar-refractivity contribution < 1.29 is 18.8 Å². The highest BCUT2D eigenvalue weighted by atomic mass is 28.4. The lowest BCUT2D eigenvalue weighted by molar-refractivity contribution is -0.133. The summed E-state index contributed by atoms with van der Waals surface area (Å²) < 4.78 is 11.7. The predicted molar refractivity (Wildman–Crippen MR) is 107 cm³/mol. The Hall–Kier alpha value is -1.08. The van der Waals surface area contributed by atoms with Crippen LogP contribution in [-0.4, -0.2) is 56.6 Å². The molecule has 0 aromatic heterocycles. The highest BCUT2D eigenvalue weighted by molar-refractivity contribution is 6.74. The van der Waals surface area contributed by atoms with Gasteiger partial charge in [0.25, 0.3) is 0 Å². The van der Waals surface area contributed by atoms with Crippen LogP contribution in [0.1, 0.15) is 60.8 Å². The second-order valence-corrected chi connectivity index (χ2v) is 14.5. The van der Waals surface area contributed by atoms with Gasteiger partial charge in [0, 0.05) is 19.5 Å². The number of hydrogen-bond donors (Lipinski definition) is 1. The van der Waals surface area contributed by atoms with Gasteiger partial charge in [-0.2, -0.15) is 0 Å². The fourth-order valence-electron chi connectivity index (χ4n) is 2.46. The molecule has 0 bridgehead atoms. The van der Waals surface area contributed by atoms with Gasteiger partial charge in [-0.05, 0) is 51.7 Å². The zero-order valence-electron chi connectivity index (χ0n) is 17.9. The van der Waals surface area contributed by atoms with E-state index in [-0.39, 0.29) is 17.0 Å². The second-order valence-electron chi connectivity index (χ2n) is 9.71. The quantitative estimate of drug-likeness (QED) is 0.703. The molecule has 1 atom stereocenters. The average molecular weight is 387 g/mol. The first-order valence-electron chi connectivity index (χ1n) is 9.62. The van der Waals surface area contributed by atoms with Crippen LogP contribution >= 0.6 is 0 Å². The third-order valence-electron chi connectivity index (χ3n) is 5.03. The van der Waals surface area contributed by atoms with E-state index in [9.17, 15) is 9.59 Å². The number of rotatable bonds is 6. The van der Waals surface area contributed by atoms with Crippen LogP contribution in [0.15, 0.2) is 0 Å². The van der Waals surface area contributed by atoms with Crippen LogP contribution in [0.5, 0.6) is 0 Å². The van der Waals surface area contributed by atoms with Crippen molar-refractivity contribution >= 4 is 20.3 Å². The van der Waals surface area contributed by atoms with Crippen molar-refractivity contribution in [2.24, 2.45) is 0 Å². The summed E-state index contributed by atoms with van der Waals surface area (Å²) in [6.45, 7) is 18.0. The number of carbonyl (C=O) groups excluding carboxylic acids is 2. The molecule has 2 amide bonds. The zero-order valence-corrected chi connectivity index (χ0v) is 18.9. The van der Waals surface area contributed by atoms with Gasteiger partial charge in [-0.3, -0.25) is 4.79 Å². The van der Waals surface area contributed by atoms with E-state index in [1.807, 2.05) is 25.7 Å². The lowest BCUT2D eigenvalue weighted by Gasteiger charge is -2.38. The Balaban J connectivity index is 2.77. The zero-order chi connectivity index (χ0) is 20.2. The van der Waals surface area contributed by atoms with Gasteiger partial charge in [0.2, 0.25) is 5.91 Å². The molecule has 1 aliphatic heterocycles. The highest BCUT2D eigenvalue weighted by Crippen LogP contribution is 2.36. The average Bonchev–Trinajstić information content (AvgIpc) is 2.44. The van der Waals surface area contributed by atoms with E-state index in [2.05, 4.69) is 39.2 Å². The minimum atomic E-state index is -1.94. The van der Waals surface area contributed by atoms with Crippen molar-refractivity contribution in [3.05, 3.63) is 0 Å². The van der Waals surface area contributed by atoms with Crippen LogP contribution in [0.25, 0.3) is 0 Å². The summed E-state index contributed by atoms with van der Waals surface area (Å²) >= 11 is 0. The van der Waals surface area contributed by atoms with E-state index >= 15 is 0 Å². The molecule has 0 aromatic rings. The summed E-state index contributed by atoms with van der Waals surface area (Å²) in [6, 6.07) is -0.277. The van der Waals surface area contributed by atoms with Gasteiger partial charge in [-0.25, -0.2) is 4.79 Å². The monoisotopic (exact) mass is 386 g/mol. The maximum Gasteiger partial charge on any atom is 0.408 e. The molecule has 1 saturated heterocycles. The molecule has 0 spiro atoms. The Bertz CT molecular complexity index is 495. The van der Waals surface area contributed by atoms with Crippen molar-refractivity contribution in [2.75, 3.05) is 19.7 Å². The Morgan fingerprint density at radius 1 is 1.19 bits per heavy atom. The van der Waals surface area contributed by atoms with Gasteiger partial charge in [0.05, 0.1) is 12.6 Å². The van der Waals surface area contributed by atoms with Crippen LogP contribution in [0.3, 0.4) is 0 Å². The van der Waals surface area contributed by atoms with Crippen molar-refractivity contribution in [2.45, 2.75) is 90.6 Å². The van der Waals surface area contributed by atoms with Gasteiger partial charge in [-0.15, -0.1) is 0 Å². The molecule has 0 aromatic carbocycles. The SMILES string of the molecule is CC(C)(C)OC(=O)N[C@H](CO[Si](C)(C)C(C)(C)C)CN1CCCCC1=O. The normalized spacial score (nSPS) is 17.8. The van der Waals surface area contributed by atoms with Crippen molar-refractivity contribution in [3.8, 4) is 0 Å². The Morgan fingerprint density at radius 2 is 1.81 bits per heavy atom. The summed E-state index contributed by atoms with van der Waals surface area (Å²) in [7, 11) is -1.94. The molecule has 0 radical (unpaired) electrons. The molecule has 7 heteroatoms. The summed E-state index contributed by atoms with van der Waals surface area (Å²) in [4.78, 5) is 26.2. The topological polar surface area (TPSA) is 67.9 Å². The van der Waals surface area contributed by atoms with Crippen molar-refractivity contribution in [3.63, 3.8) is 0 Å². The number of amides is 2. The highest BCUT2D eigenvalue weighted by Gasteiger charge is 2.38. The number of likely N-dealkylation sites (tertiary alicyclic amines) is 1. The first kappa shape index (κ1) is 23.0. The van der Waals surface area contributed by atoms with E-state index in [0.717, 1.165) is 19.4 Å². The van der Waals surface area contributed by atoms with Crippen LogP contribution in [-0.2, 0) is 14.0 Å². The number of nitrogens with zero attached hydrogens (tertiary/aromatic N) is 1. The number of nitrogens with one attached hydrogen (secondary N) is 1. The number of ether oxygens (including phenoxy) is 1. The number of carbonyl (C=O) groups is 2. The molecule has 0 aliphatic carbocycles. The van der Waals surface area contributed by atoms with Crippen LogP contribution in [0.2, 0.25) is 18.1 Å². The standard InChI is InChI=1S/C19H38N2O4Si/c1-18(2,3)25-17(23)20-15(13-21-12-10-9-11-16(21)22)14-24-26(7,8)19(4,5)6/h15H,9-14H2,1-8H3,(H,20,23)/t15-/m0/s1. The van der Waals surface area contributed by atoms with Gasteiger partial charge in [0.1, 0.15) is 5.60 Å². The minimum absolute atomic E-state index is 0.0877. The lowest BCUT2D eigenvalue weighted by Crippen LogP contribution is -2.52. The van der Waals surface area contributed by atoms with Gasteiger partial charge in [-0.1, -0.05) is 20.8 Å². The third-order valence-corrected chi connectivity index (χ3v) is 9.54. The Morgan fingerprint density at radius 3 is 2.31 bits per heavy atom. The van der Waals surface area contributed by atoms with Crippen molar-refractivity contribution in [1.29, 1.82) is 0 Å². The first-order chi connectivity index (χ1) is 11.7. The maximum absolute atomic E-state index is 12.2. The van der Waals surface area contributed by atoms with Gasteiger partial charge < -0.3 is 19.4 Å². The lowest BCUT2D eigenvalue weighted by atomic mass is 10.1. The first-order valence-corrected chi connectivity index (χ1v) is 12.5. The molecular weight excluding hydrogens is 348 g/mol. The van der Waals surface area contributed by atoms with Crippen LogP contribution in [0, 0.1) is 0 Å². The largest absolute Gasteiger partial charge is 0.444 e. The van der Waals surface area contributed by atoms with E-state index < -0.39 is 20.0 Å². The molecule has 6 nitrogen and oxygen atoms in total. The van der Waals surface area contributed by atoms with E-state index in [1.54, 1.807) is 0 Å². The molecule has 1 rings (SSSR count). The van der Waals surface area contributed by atoms with E-state index in [4.69, 9.17) is 9.16 Å². The van der Waals surface area contributed by atoms with E-state index in [1.165, 1.54) is 0 Å². The summed E-state index contributed by atoms with van der Waals surface area (Å²) in [5.41, 5.74) is -0.560. The molecule has 0 saturated carbocycles. The molecule has 152 valence electrons. The van der Waals surface area contributed by atoms with Crippen molar-refractivity contribution in [1.82, 2.24) is 10.2 Å². The van der Waals surface area contributed by atoms with Crippen LogP contribution < -0.4 is 5.32 Å². The maximum atomic E-state index is 12.2. The number of hydrogen-bond acceptors (Lipinski definition) is 4.